The number of ether oxygens (including phenoxy) is 2. The van der Waals surface area contributed by atoms with Crippen molar-refractivity contribution in [3.8, 4) is 0 Å². The van der Waals surface area contributed by atoms with E-state index in [0.717, 1.165) is 11.3 Å². The maximum atomic E-state index is 12.6. The minimum Gasteiger partial charge on any atom is -0.444 e. The Hall–Kier alpha value is -3.28. The fourth-order valence-corrected chi connectivity index (χ4v) is 3.74. The van der Waals surface area contributed by atoms with Gasteiger partial charge in [-0.25, -0.2) is 19.8 Å². The molecular weight excluding hydrogens is 398 g/mol. The Balaban J connectivity index is 1.68. The summed E-state index contributed by atoms with van der Waals surface area (Å²) in [6.45, 7) is 5.15. The standard InChI is InChI=1S/C18H23N5O7/c1-18(2)9-13(11-30-18)10-20-7-8-21(16(20)19-23(27)28)17(24)29-12-14-5-3-4-6-15(14)22(25)26/h3-6,13H,7-12H2,1-2H3. The lowest BCUT2D eigenvalue weighted by Crippen LogP contribution is -2.40. The van der Waals surface area contributed by atoms with Crippen LogP contribution in [0.4, 0.5) is 10.5 Å². The van der Waals surface area contributed by atoms with Gasteiger partial charge < -0.3 is 14.4 Å². The molecule has 1 unspecified atom stereocenters. The van der Waals surface area contributed by atoms with Gasteiger partial charge in [-0.2, -0.15) is 0 Å². The number of nitrogens with zero attached hydrogens (tertiary/aromatic N) is 5. The van der Waals surface area contributed by atoms with E-state index in [-0.39, 0.29) is 41.9 Å². The number of carbonyl (C=O) groups excluding carboxylic acids is 1. The molecule has 0 bridgehead atoms. The molecule has 2 heterocycles. The zero-order valence-electron chi connectivity index (χ0n) is 16.7. The number of guanidine groups is 1. The van der Waals surface area contributed by atoms with Crippen LogP contribution < -0.4 is 0 Å². The molecule has 2 fully saturated rings. The Morgan fingerprint density at radius 3 is 2.67 bits per heavy atom. The normalized spacial score (nSPS) is 21.8. The number of rotatable bonds is 6. The summed E-state index contributed by atoms with van der Waals surface area (Å²) in [6.07, 6.45) is -0.0589. The second-order valence-electron chi connectivity index (χ2n) is 7.82. The van der Waals surface area contributed by atoms with Crippen LogP contribution in [0.1, 0.15) is 25.8 Å². The molecule has 0 N–H and O–H groups in total. The Labute approximate surface area is 172 Å². The SMILES string of the molecule is CC1(C)CC(CN2CCN(C(=O)OCc3ccccc3[N+](=O)[O-])C2=N[N+](=O)[O-])CO1. The molecular formula is C18H23N5O7. The molecule has 1 aromatic rings. The molecule has 2 aliphatic rings. The zero-order chi connectivity index (χ0) is 21.9. The highest BCUT2D eigenvalue weighted by Gasteiger charge is 2.39. The molecule has 1 aromatic carbocycles. The smallest absolute Gasteiger partial charge is 0.417 e. The highest BCUT2D eigenvalue weighted by Crippen LogP contribution is 2.30. The van der Waals surface area contributed by atoms with Gasteiger partial charge in [-0.3, -0.25) is 10.1 Å². The summed E-state index contributed by atoms with van der Waals surface area (Å²) in [5, 5.41) is 24.6. The summed E-state index contributed by atoms with van der Waals surface area (Å²) in [4.78, 5) is 36.9. The van der Waals surface area contributed by atoms with E-state index in [9.17, 15) is 25.0 Å². The summed E-state index contributed by atoms with van der Waals surface area (Å²) in [6, 6.07) is 5.90. The number of nitro groups is 2. The van der Waals surface area contributed by atoms with Crippen molar-refractivity contribution in [1.82, 2.24) is 9.80 Å². The molecule has 0 aliphatic carbocycles. The second-order valence-corrected chi connectivity index (χ2v) is 7.82. The summed E-state index contributed by atoms with van der Waals surface area (Å²) in [5.41, 5.74) is -0.199. The number of hydrazone groups is 1. The predicted octanol–water partition coefficient (Wildman–Crippen LogP) is 2.21. The maximum absolute atomic E-state index is 12.6. The fraction of sp³-hybridized carbons (Fsp3) is 0.556. The van der Waals surface area contributed by atoms with Crippen LogP contribution in [-0.2, 0) is 16.1 Å². The molecule has 0 saturated carbocycles. The molecule has 2 aliphatic heterocycles. The van der Waals surface area contributed by atoms with E-state index in [1.807, 2.05) is 13.8 Å². The Morgan fingerprint density at radius 2 is 2.03 bits per heavy atom. The average Bonchev–Trinajstić information content (AvgIpc) is 3.22. The first kappa shape index (κ1) is 21.4. The van der Waals surface area contributed by atoms with Crippen LogP contribution in [0, 0.1) is 26.1 Å². The van der Waals surface area contributed by atoms with Gasteiger partial charge in [-0.15, -0.1) is 0 Å². The summed E-state index contributed by atoms with van der Waals surface area (Å²) in [5.74, 6) is 0.0529. The summed E-state index contributed by atoms with van der Waals surface area (Å²) in [7, 11) is 0. The van der Waals surface area contributed by atoms with E-state index < -0.39 is 16.0 Å². The van der Waals surface area contributed by atoms with Gasteiger partial charge in [0.25, 0.3) is 11.6 Å². The van der Waals surface area contributed by atoms with Gasteiger partial charge in [-0.1, -0.05) is 12.1 Å². The predicted molar refractivity (Wildman–Crippen MR) is 104 cm³/mol. The number of carbonyl (C=O) groups is 1. The van der Waals surface area contributed by atoms with Crippen molar-refractivity contribution in [2.75, 3.05) is 26.2 Å². The third kappa shape index (κ3) is 5.00. The van der Waals surface area contributed by atoms with Crippen LogP contribution in [0.15, 0.2) is 29.4 Å². The lowest BCUT2D eigenvalue weighted by molar-refractivity contribution is -0.486. The van der Waals surface area contributed by atoms with Crippen LogP contribution >= 0.6 is 0 Å². The number of hydrogen-bond acceptors (Lipinski definition) is 7. The van der Waals surface area contributed by atoms with Crippen molar-refractivity contribution in [2.24, 2.45) is 11.0 Å². The molecule has 2 saturated heterocycles. The molecule has 0 radical (unpaired) electrons. The summed E-state index contributed by atoms with van der Waals surface area (Å²) >= 11 is 0. The molecule has 0 aromatic heterocycles. The minimum absolute atomic E-state index is 0.0998. The Kier molecular flexibility index (Phi) is 6.15. The van der Waals surface area contributed by atoms with Crippen LogP contribution in [0.5, 0.6) is 0 Å². The topological polar surface area (TPSA) is 141 Å². The van der Waals surface area contributed by atoms with Crippen molar-refractivity contribution in [1.29, 1.82) is 0 Å². The van der Waals surface area contributed by atoms with Gasteiger partial charge in [0, 0.05) is 25.1 Å². The van der Waals surface area contributed by atoms with Crippen molar-refractivity contribution in [3.05, 3.63) is 50.1 Å². The number of amides is 1. The lowest BCUT2D eigenvalue weighted by atomic mass is 9.97. The molecule has 0 spiro atoms. The Morgan fingerprint density at radius 1 is 1.30 bits per heavy atom. The van der Waals surface area contributed by atoms with E-state index in [1.54, 1.807) is 11.0 Å². The zero-order valence-corrected chi connectivity index (χ0v) is 16.7. The van der Waals surface area contributed by atoms with E-state index >= 15 is 0 Å². The molecule has 1 amide bonds. The quantitative estimate of drug-likeness (QED) is 0.503. The van der Waals surface area contributed by atoms with Gasteiger partial charge >= 0.3 is 6.09 Å². The summed E-state index contributed by atoms with van der Waals surface area (Å²) < 4.78 is 10.9. The monoisotopic (exact) mass is 421 g/mol. The van der Waals surface area contributed by atoms with Crippen LogP contribution in [0.2, 0.25) is 0 Å². The van der Waals surface area contributed by atoms with Crippen LogP contribution in [0.3, 0.4) is 0 Å². The molecule has 3 rings (SSSR count). The first-order valence-corrected chi connectivity index (χ1v) is 9.45. The van der Waals surface area contributed by atoms with Gasteiger partial charge in [0.2, 0.25) is 0 Å². The average molecular weight is 421 g/mol. The molecule has 162 valence electrons. The van der Waals surface area contributed by atoms with Crippen LogP contribution in [-0.4, -0.2) is 63.7 Å². The van der Waals surface area contributed by atoms with Gasteiger partial charge in [-0.05, 0) is 26.3 Å². The minimum atomic E-state index is -0.856. The van der Waals surface area contributed by atoms with Gasteiger partial charge in [0.05, 0.1) is 29.2 Å². The molecule has 12 nitrogen and oxygen atoms in total. The van der Waals surface area contributed by atoms with Crippen molar-refractivity contribution < 1.29 is 24.2 Å². The molecule has 30 heavy (non-hydrogen) atoms. The third-order valence-corrected chi connectivity index (χ3v) is 5.02. The number of benzene rings is 1. The van der Waals surface area contributed by atoms with E-state index in [2.05, 4.69) is 5.10 Å². The first-order chi connectivity index (χ1) is 14.2. The van der Waals surface area contributed by atoms with E-state index in [1.165, 1.54) is 18.2 Å². The maximum Gasteiger partial charge on any atom is 0.417 e. The highest BCUT2D eigenvalue weighted by atomic mass is 16.7. The van der Waals surface area contributed by atoms with Gasteiger partial charge in [0.15, 0.2) is 5.03 Å². The first-order valence-electron chi connectivity index (χ1n) is 9.45. The fourth-order valence-electron chi connectivity index (χ4n) is 3.74. The van der Waals surface area contributed by atoms with Crippen molar-refractivity contribution in [3.63, 3.8) is 0 Å². The van der Waals surface area contributed by atoms with Crippen molar-refractivity contribution in [2.45, 2.75) is 32.5 Å². The Bertz CT molecular complexity index is 872. The lowest BCUT2D eigenvalue weighted by Gasteiger charge is -2.22. The second kappa shape index (κ2) is 8.61. The number of hydrogen-bond donors (Lipinski definition) is 0. The largest absolute Gasteiger partial charge is 0.444 e. The van der Waals surface area contributed by atoms with E-state index in [0.29, 0.717) is 19.7 Å². The van der Waals surface area contributed by atoms with Gasteiger partial charge in [0.1, 0.15) is 11.7 Å². The number of para-hydroxylation sites is 1. The third-order valence-electron chi connectivity index (χ3n) is 5.02. The number of nitro benzene ring substituents is 1. The molecule has 1 atom stereocenters. The van der Waals surface area contributed by atoms with Crippen molar-refractivity contribution >= 4 is 17.7 Å². The molecule has 12 heteroatoms. The van der Waals surface area contributed by atoms with E-state index in [4.69, 9.17) is 9.47 Å². The van der Waals surface area contributed by atoms with Crippen LogP contribution in [0.25, 0.3) is 0 Å². The highest BCUT2D eigenvalue weighted by molar-refractivity contribution is 5.95.